The molecule has 4 nitrogen and oxygen atoms in total. The summed E-state index contributed by atoms with van der Waals surface area (Å²) in [6.45, 7) is 5.39. The number of hydrogen-bond donors (Lipinski definition) is 1. The first-order chi connectivity index (χ1) is 12.2. The summed E-state index contributed by atoms with van der Waals surface area (Å²) in [6, 6.07) is 8.44. The molecule has 0 saturated carbocycles. The first-order valence-electron chi connectivity index (χ1n) is 9.20. The normalized spacial score (nSPS) is 33.9. The number of hydrogen-bond acceptors (Lipinski definition) is 5. The Bertz CT molecular complexity index is 792. The molecule has 1 spiro atoms. The largest absolute Gasteiger partial charge is 0.396 e. The molecule has 4 atom stereocenters. The molecule has 1 aromatic heterocycles. The van der Waals surface area contributed by atoms with Crippen molar-refractivity contribution in [2.24, 2.45) is 11.8 Å². The van der Waals surface area contributed by atoms with Crippen molar-refractivity contribution in [3.63, 3.8) is 0 Å². The summed E-state index contributed by atoms with van der Waals surface area (Å²) in [4.78, 5) is 8.47. The van der Waals surface area contributed by atoms with Crippen molar-refractivity contribution < 1.29 is 9.84 Å². The highest BCUT2D eigenvalue weighted by Gasteiger charge is 2.62. The minimum Gasteiger partial charge on any atom is -0.396 e. The molecule has 3 aliphatic heterocycles. The van der Waals surface area contributed by atoms with Crippen molar-refractivity contribution in [1.29, 1.82) is 0 Å². The topological polar surface area (TPSA) is 45.6 Å². The Morgan fingerprint density at radius 2 is 2.28 bits per heavy atom. The summed E-state index contributed by atoms with van der Waals surface area (Å²) in [7, 11) is 0. The van der Waals surface area contributed by atoms with Gasteiger partial charge in [-0.25, -0.2) is 4.98 Å². The minimum atomic E-state index is 0.0155. The van der Waals surface area contributed by atoms with Gasteiger partial charge in [-0.3, -0.25) is 4.90 Å². The SMILES string of the molecule is Cc1ccccc1-c1ncc(CN2C[C@H]3[C@@H](CO)[C@@H]4CC[C@@]3(C2)O4)s1. The van der Waals surface area contributed by atoms with Crippen LogP contribution in [0.4, 0.5) is 0 Å². The van der Waals surface area contributed by atoms with Gasteiger partial charge in [0.25, 0.3) is 0 Å². The molecule has 2 bridgehead atoms. The highest BCUT2D eigenvalue weighted by molar-refractivity contribution is 7.15. The Hall–Kier alpha value is -1.27. The predicted octanol–water partition coefficient (Wildman–Crippen LogP) is 3.09. The van der Waals surface area contributed by atoms with E-state index in [1.54, 1.807) is 11.3 Å². The molecule has 2 aromatic rings. The lowest BCUT2D eigenvalue weighted by molar-refractivity contribution is 0.000451. The zero-order valence-electron chi connectivity index (χ0n) is 14.5. The lowest BCUT2D eigenvalue weighted by Gasteiger charge is -2.28. The average molecular weight is 356 g/mol. The quantitative estimate of drug-likeness (QED) is 0.914. The summed E-state index contributed by atoms with van der Waals surface area (Å²) >= 11 is 1.80. The third-order valence-corrected chi connectivity index (χ3v) is 7.39. The molecule has 3 fully saturated rings. The van der Waals surface area contributed by atoms with E-state index < -0.39 is 0 Å². The summed E-state index contributed by atoms with van der Waals surface area (Å²) in [5, 5.41) is 10.9. The van der Waals surface area contributed by atoms with E-state index in [9.17, 15) is 5.11 Å². The number of nitrogens with zero attached hydrogens (tertiary/aromatic N) is 2. The molecule has 3 aliphatic rings. The van der Waals surface area contributed by atoms with E-state index in [1.807, 2.05) is 6.20 Å². The van der Waals surface area contributed by atoms with Crippen LogP contribution in [0.3, 0.4) is 0 Å². The first-order valence-corrected chi connectivity index (χ1v) is 10.0. The number of aromatic nitrogens is 1. The monoisotopic (exact) mass is 356 g/mol. The van der Waals surface area contributed by atoms with Crippen molar-refractivity contribution in [2.75, 3.05) is 19.7 Å². The smallest absolute Gasteiger partial charge is 0.123 e. The van der Waals surface area contributed by atoms with E-state index in [0.717, 1.165) is 37.5 Å². The number of aliphatic hydroxyl groups is 1. The number of rotatable bonds is 4. The van der Waals surface area contributed by atoms with Gasteiger partial charge >= 0.3 is 0 Å². The second-order valence-electron chi connectivity index (χ2n) is 7.83. The molecule has 132 valence electrons. The van der Waals surface area contributed by atoms with Gasteiger partial charge in [-0.2, -0.15) is 0 Å². The molecule has 5 rings (SSSR count). The fourth-order valence-electron chi connectivity index (χ4n) is 5.19. The fourth-order valence-corrected chi connectivity index (χ4v) is 6.23. The van der Waals surface area contributed by atoms with Crippen LogP contribution >= 0.6 is 11.3 Å². The Labute approximate surface area is 152 Å². The maximum absolute atomic E-state index is 9.76. The van der Waals surface area contributed by atoms with Crippen LogP contribution in [0.25, 0.3) is 10.6 Å². The van der Waals surface area contributed by atoms with E-state index in [1.165, 1.54) is 16.0 Å². The maximum Gasteiger partial charge on any atom is 0.123 e. The van der Waals surface area contributed by atoms with Crippen molar-refractivity contribution in [1.82, 2.24) is 9.88 Å². The van der Waals surface area contributed by atoms with Crippen LogP contribution in [0, 0.1) is 18.8 Å². The molecular formula is C20H24N2O2S. The molecule has 0 amide bonds. The number of aliphatic hydroxyl groups excluding tert-OH is 1. The van der Waals surface area contributed by atoms with Crippen molar-refractivity contribution >= 4 is 11.3 Å². The van der Waals surface area contributed by atoms with E-state index >= 15 is 0 Å². The van der Waals surface area contributed by atoms with Gasteiger partial charge in [-0.05, 0) is 25.3 Å². The summed E-state index contributed by atoms with van der Waals surface area (Å²) < 4.78 is 6.33. The fraction of sp³-hybridized carbons (Fsp3) is 0.550. The van der Waals surface area contributed by atoms with Crippen LogP contribution in [0.15, 0.2) is 30.5 Å². The van der Waals surface area contributed by atoms with Gasteiger partial charge in [-0.1, -0.05) is 24.3 Å². The van der Waals surface area contributed by atoms with Gasteiger partial charge in [0.1, 0.15) is 5.01 Å². The number of aryl methyl sites for hydroxylation is 1. The molecule has 25 heavy (non-hydrogen) atoms. The summed E-state index contributed by atoms with van der Waals surface area (Å²) in [5.74, 6) is 0.836. The number of likely N-dealkylation sites (tertiary alicyclic amines) is 1. The second-order valence-corrected chi connectivity index (χ2v) is 8.94. The Morgan fingerprint density at radius 1 is 1.40 bits per heavy atom. The number of fused-ring (bicyclic) bond motifs is 1. The Kier molecular flexibility index (Phi) is 3.75. The maximum atomic E-state index is 9.76. The van der Waals surface area contributed by atoms with Gasteiger partial charge in [-0.15, -0.1) is 11.3 Å². The van der Waals surface area contributed by atoms with Crippen LogP contribution in [-0.2, 0) is 11.3 Å². The van der Waals surface area contributed by atoms with Crippen molar-refractivity contribution in [3.05, 3.63) is 40.9 Å². The third kappa shape index (κ3) is 2.48. The second kappa shape index (κ2) is 5.88. The standard InChI is InChI=1S/C20H24N2O2S/c1-13-4-2-3-5-15(13)19-21-8-14(25-19)9-22-10-17-16(11-23)18-6-7-20(17,12-22)24-18/h2-5,8,16-18,23H,6-7,9-12H2,1H3/t16-,17+,18+,20+/m1/s1. The summed E-state index contributed by atoms with van der Waals surface area (Å²) in [5.41, 5.74) is 2.52. The zero-order valence-corrected chi connectivity index (χ0v) is 15.3. The zero-order chi connectivity index (χ0) is 17.0. The van der Waals surface area contributed by atoms with E-state index in [-0.39, 0.29) is 12.2 Å². The van der Waals surface area contributed by atoms with Gasteiger partial charge in [0.05, 0.1) is 11.7 Å². The molecule has 1 N–H and O–H groups in total. The highest BCUT2D eigenvalue weighted by Crippen LogP contribution is 2.54. The van der Waals surface area contributed by atoms with Gasteiger partial charge < -0.3 is 9.84 Å². The Balaban J connectivity index is 1.32. The van der Waals surface area contributed by atoms with Crippen LogP contribution in [-0.4, -0.2) is 46.4 Å². The van der Waals surface area contributed by atoms with E-state index in [0.29, 0.717) is 17.9 Å². The van der Waals surface area contributed by atoms with Crippen LogP contribution in [0.2, 0.25) is 0 Å². The molecule has 4 heterocycles. The molecule has 0 unspecified atom stereocenters. The third-order valence-electron chi connectivity index (χ3n) is 6.37. The lowest BCUT2D eigenvalue weighted by Crippen LogP contribution is -2.37. The van der Waals surface area contributed by atoms with Crippen LogP contribution < -0.4 is 0 Å². The molecule has 0 aliphatic carbocycles. The minimum absolute atomic E-state index is 0.0155. The highest BCUT2D eigenvalue weighted by atomic mass is 32.1. The molecule has 0 radical (unpaired) electrons. The average Bonchev–Trinajstić information content (AvgIpc) is 3.34. The summed E-state index contributed by atoms with van der Waals surface area (Å²) in [6.07, 6.45) is 4.60. The predicted molar refractivity (Wildman–Crippen MR) is 98.5 cm³/mol. The molecule has 3 saturated heterocycles. The van der Waals surface area contributed by atoms with Gasteiger partial charge in [0.2, 0.25) is 0 Å². The van der Waals surface area contributed by atoms with Crippen LogP contribution in [0.1, 0.15) is 23.3 Å². The van der Waals surface area contributed by atoms with Crippen molar-refractivity contribution in [3.8, 4) is 10.6 Å². The molecule has 5 heteroatoms. The van der Waals surface area contributed by atoms with Crippen molar-refractivity contribution in [2.45, 2.75) is 38.0 Å². The van der Waals surface area contributed by atoms with E-state index in [4.69, 9.17) is 4.74 Å². The Morgan fingerprint density at radius 3 is 3.12 bits per heavy atom. The lowest BCUT2D eigenvalue weighted by atomic mass is 9.74. The van der Waals surface area contributed by atoms with Gasteiger partial charge in [0.15, 0.2) is 0 Å². The molecule has 1 aromatic carbocycles. The first kappa shape index (κ1) is 15.9. The molecular weight excluding hydrogens is 332 g/mol. The van der Waals surface area contributed by atoms with Gasteiger partial charge in [0, 0.05) is 54.7 Å². The van der Waals surface area contributed by atoms with Crippen LogP contribution in [0.5, 0.6) is 0 Å². The number of thiazole rings is 1. The number of benzene rings is 1. The number of ether oxygens (including phenoxy) is 1. The van der Waals surface area contributed by atoms with E-state index in [2.05, 4.69) is 41.1 Å².